The molecule has 1 amide bonds. The minimum atomic E-state index is -0.300. The van der Waals surface area contributed by atoms with E-state index in [4.69, 9.17) is 4.74 Å². The maximum absolute atomic E-state index is 13.2. The number of rotatable bonds is 1. The van der Waals surface area contributed by atoms with Gasteiger partial charge in [0.15, 0.2) is 0 Å². The van der Waals surface area contributed by atoms with Crippen LogP contribution in [-0.2, 0) is 9.53 Å². The molecule has 0 aromatic rings. The lowest BCUT2D eigenvalue weighted by molar-refractivity contribution is -0.152. The van der Waals surface area contributed by atoms with Gasteiger partial charge < -0.3 is 15.0 Å². The minimum absolute atomic E-state index is 0.170. The van der Waals surface area contributed by atoms with Crippen LogP contribution in [0.15, 0.2) is 0 Å². The van der Waals surface area contributed by atoms with E-state index in [1.807, 2.05) is 0 Å². The van der Waals surface area contributed by atoms with Crippen LogP contribution in [0.1, 0.15) is 26.7 Å². The third-order valence-corrected chi connectivity index (χ3v) is 6.03. The molecule has 5 heteroatoms. The van der Waals surface area contributed by atoms with E-state index in [0.29, 0.717) is 18.4 Å². The van der Waals surface area contributed by atoms with Crippen LogP contribution in [0.3, 0.4) is 0 Å². The number of carbonyl (C=O) groups excluding carboxylic acids is 1. The topological polar surface area (TPSA) is 44.8 Å². The lowest BCUT2D eigenvalue weighted by atomic mass is 9.74. The third-order valence-electron chi connectivity index (χ3n) is 6.03. The Balaban J connectivity index is 1.75. The first-order chi connectivity index (χ1) is 9.96. The second-order valence-electron chi connectivity index (χ2n) is 7.60. The normalized spacial score (nSPS) is 37.1. The van der Waals surface area contributed by atoms with Gasteiger partial charge in [-0.1, -0.05) is 0 Å². The summed E-state index contributed by atoms with van der Waals surface area (Å²) in [6.07, 6.45) is 2.04. The van der Waals surface area contributed by atoms with Crippen molar-refractivity contribution in [2.75, 3.05) is 53.0 Å². The summed E-state index contributed by atoms with van der Waals surface area (Å²) in [4.78, 5) is 17.7. The van der Waals surface area contributed by atoms with Crippen LogP contribution in [0.5, 0.6) is 0 Å². The molecule has 3 aliphatic heterocycles. The van der Waals surface area contributed by atoms with Crippen molar-refractivity contribution >= 4 is 5.91 Å². The van der Waals surface area contributed by atoms with Crippen molar-refractivity contribution in [1.82, 2.24) is 15.1 Å². The number of nitrogens with one attached hydrogen (secondary N) is 1. The predicted molar refractivity (Wildman–Crippen MR) is 82.1 cm³/mol. The van der Waals surface area contributed by atoms with E-state index in [0.717, 1.165) is 52.2 Å². The summed E-state index contributed by atoms with van der Waals surface area (Å²) in [7, 11) is 2.16. The molecule has 3 saturated heterocycles. The van der Waals surface area contributed by atoms with Gasteiger partial charge in [-0.3, -0.25) is 9.69 Å². The molecular formula is C16H29N3O2. The number of amides is 1. The summed E-state index contributed by atoms with van der Waals surface area (Å²) in [5, 5.41) is 3.43. The van der Waals surface area contributed by atoms with Crippen molar-refractivity contribution < 1.29 is 9.53 Å². The van der Waals surface area contributed by atoms with E-state index >= 15 is 0 Å². The number of fused-ring (bicyclic) bond motifs is 1. The molecule has 1 N–H and O–H groups in total. The average molecular weight is 295 g/mol. The van der Waals surface area contributed by atoms with Crippen molar-refractivity contribution in [1.29, 1.82) is 0 Å². The monoisotopic (exact) mass is 295 g/mol. The lowest BCUT2D eigenvalue weighted by Gasteiger charge is -2.40. The van der Waals surface area contributed by atoms with Crippen LogP contribution < -0.4 is 5.32 Å². The van der Waals surface area contributed by atoms with Gasteiger partial charge in [-0.25, -0.2) is 0 Å². The van der Waals surface area contributed by atoms with E-state index < -0.39 is 0 Å². The molecule has 21 heavy (non-hydrogen) atoms. The summed E-state index contributed by atoms with van der Waals surface area (Å²) >= 11 is 0. The molecule has 0 saturated carbocycles. The number of carbonyl (C=O) groups is 1. The number of hydrogen-bond acceptors (Lipinski definition) is 4. The summed E-state index contributed by atoms with van der Waals surface area (Å²) in [5.74, 6) is 0.774. The van der Waals surface area contributed by atoms with Gasteiger partial charge in [-0.05, 0) is 46.2 Å². The Morgan fingerprint density at radius 3 is 2.90 bits per heavy atom. The smallest absolute Gasteiger partial charge is 0.232 e. The SMILES string of the molecule is CN1CCN(C(=O)[C@]23CNC[C@H]2CCOC3)CCC1(C)C. The zero-order valence-electron chi connectivity index (χ0n) is 13.7. The molecule has 5 nitrogen and oxygen atoms in total. The molecule has 0 unspecified atom stereocenters. The largest absolute Gasteiger partial charge is 0.380 e. The van der Waals surface area contributed by atoms with Gasteiger partial charge in [-0.15, -0.1) is 0 Å². The highest BCUT2D eigenvalue weighted by Crippen LogP contribution is 2.39. The van der Waals surface area contributed by atoms with Crippen LogP contribution in [0.2, 0.25) is 0 Å². The van der Waals surface area contributed by atoms with Gasteiger partial charge in [0, 0.05) is 38.3 Å². The van der Waals surface area contributed by atoms with Gasteiger partial charge in [0.25, 0.3) is 0 Å². The number of ether oxygens (including phenoxy) is 1. The summed E-state index contributed by atoms with van der Waals surface area (Å²) in [6.45, 7) is 10.3. The van der Waals surface area contributed by atoms with Gasteiger partial charge in [0.2, 0.25) is 5.91 Å². The molecular weight excluding hydrogens is 266 g/mol. The molecule has 0 aromatic heterocycles. The minimum Gasteiger partial charge on any atom is -0.380 e. The fraction of sp³-hybridized carbons (Fsp3) is 0.938. The van der Waals surface area contributed by atoms with Gasteiger partial charge in [0.05, 0.1) is 12.0 Å². The first kappa shape index (κ1) is 15.3. The Morgan fingerprint density at radius 1 is 1.29 bits per heavy atom. The maximum atomic E-state index is 13.2. The van der Waals surface area contributed by atoms with Crippen molar-refractivity contribution in [2.24, 2.45) is 11.3 Å². The molecule has 0 aliphatic carbocycles. The molecule has 0 radical (unpaired) electrons. The van der Waals surface area contributed by atoms with E-state index in [2.05, 4.69) is 36.0 Å². The highest BCUT2D eigenvalue weighted by Gasteiger charge is 2.52. The second kappa shape index (κ2) is 5.52. The van der Waals surface area contributed by atoms with Crippen molar-refractivity contribution in [3.8, 4) is 0 Å². The second-order valence-corrected chi connectivity index (χ2v) is 7.60. The predicted octanol–water partition coefficient (Wildman–Crippen LogP) is 0.555. The van der Waals surface area contributed by atoms with Crippen molar-refractivity contribution in [3.63, 3.8) is 0 Å². The van der Waals surface area contributed by atoms with Crippen LogP contribution in [-0.4, -0.2) is 74.2 Å². The van der Waals surface area contributed by atoms with Crippen molar-refractivity contribution in [2.45, 2.75) is 32.2 Å². The highest BCUT2D eigenvalue weighted by molar-refractivity contribution is 5.84. The molecule has 2 atom stereocenters. The Bertz CT molecular complexity index is 412. The summed E-state index contributed by atoms with van der Waals surface area (Å²) < 4.78 is 5.69. The van der Waals surface area contributed by atoms with Crippen LogP contribution in [0.25, 0.3) is 0 Å². The number of nitrogens with zero attached hydrogens (tertiary/aromatic N) is 2. The highest BCUT2D eigenvalue weighted by atomic mass is 16.5. The third kappa shape index (κ3) is 2.60. The van der Waals surface area contributed by atoms with Crippen LogP contribution in [0.4, 0.5) is 0 Å². The zero-order valence-corrected chi connectivity index (χ0v) is 13.7. The number of hydrogen-bond donors (Lipinski definition) is 1. The van der Waals surface area contributed by atoms with Crippen molar-refractivity contribution in [3.05, 3.63) is 0 Å². The standard InChI is InChI=1S/C16H29N3O2/c1-15(2)5-6-19(8-7-18(15)3)14(20)16-11-17-10-13(16)4-9-21-12-16/h13,17H,4-12H2,1-3H3/t13-,16+/m1/s1. The Morgan fingerprint density at radius 2 is 2.10 bits per heavy atom. The number of likely N-dealkylation sites (N-methyl/N-ethyl adjacent to an activating group) is 1. The van der Waals surface area contributed by atoms with E-state index in [9.17, 15) is 4.79 Å². The van der Waals surface area contributed by atoms with E-state index in [-0.39, 0.29) is 11.0 Å². The zero-order chi connectivity index (χ0) is 15.1. The van der Waals surface area contributed by atoms with Gasteiger partial charge >= 0.3 is 0 Å². The summed E-state index contributed by atoms with van der Waals surface area (Å²) in [6, 6.07) is 0. The molecule has 0 aromatic carbocycles. The van der Waals surface area contributed by atoms with Crippen LogP contribution in [0, 0.1) is 11.3 Å². The van der Waals surface area contributed by atoms with E-state index in [1.165, 1.54) is 0 Å². The molecule has 3 fully saturated rings. The molecule has 0 spiro atoms. The Labute approximate surface area is 128 Å². The molecule has 3 heterocycles. The molecule has 3 aliphatic rings. The summed E-state index contributed by atoms with van der Waals surface area (Å²) in [5.41, 5.74) is -0.131. The quantitative estimate of drug-likeness (QED) is 0.767. The molecule has 120 valence electrons. The average Bonchev–Trinajstić information content (AvgIpc) is 2.85. The molecule has 3 rings (SSSR count). The first-order valence-corrected chi connectivity index (χ1v) is 8.25. The first-order valence-electron chi connectivity index (χ1n) is 8.25. The van der Waals surface area contributed by atoms with Gasteiger partial charge in [-0.2, -0.15) is 0 Å². The van der Waals surface area contributed by atoms with Crippen LogP contribution >= 0.6 is 0 Å². The fourth-order valence-corrected chi connectivity index (χ4v) is 3.95. The fourth-order valence-electron chi connectivity index (χ4n) is 3.95. The molecule has 0 bridgehead atoms. The van der Waals surface area contributed by atoms with E-state index in [1.54, 1.807) is 0 Å². The maximum Gasteiger partial charge on any atom is 0.232 e. The Hall–Kier alpha value is -0.650. The lowest BCUT2D eigenvalue weighted by Crippen LogP contribution is -2.53. The Kier molecular flexibility index (Phi) is 4.01. The van der Waals surface area contributed by atoms with Gasteiger partial charge in [0.1, 0.15) is 0 Å².